The van der Waals surface area contributed by atoms with E-state index in [0.717, 1.165) is 11.3 Å². The molecule has 0 bridgehead atoms. The van der Waals surface area contributed by atoms with Crippen LogP contribution in [0.5, 0.6) is 11.5 Å². The maximum atomic E-state index is 14.2. The summed E-state index contributed by atoms with van der Waals surface area (Å²) < 4.78 is 12.7. The Morgan fingerprint density at radius 3 is 2.47 bits per heavy atom. The zero-order chi connectivity index (χ0) is 29.9. The topological polar surface area (TPSA) is 102 Å². The lowest BCUT2D eigenvalue weighted by Crippen LogP contribution is -2.42. The first-order valence-electron chi connectivity index (χ1n) is 13.7. The normalized spacial score (nSPS) is 12.6. The quantitative estimate of drug-likeness (QED) is 0.247. The van der Waals surface area contributed by atoms with Crippen LogP contribution in [0.4, 0.5) is 11.4 Å². The number of ether oxygens (including phenoxy) is 2. The highest BCUT2D eigenvalue weighted by Crippen LogP contribution is 2.37. The van der Waals surface area contributed by atoms with Gasteiger partial charge in [-0.3, -0.25) is 9.59 Å². The molecule has 6 rings (SSSR count). The number of benzene rings is 4. The van der Waals surface area contributed by atoms with Gasteiger partial charge in [0.15, 0.2) is 11.5 Å². The lowest BCUT2D eigenvalue weighted by atomic mass is 10.0. The summed E-state index contributed by atoms with van der Waals surface area (Å²) in [5.41, 5.74) is 4.35. The molecule has 0 saturated carbocycles. The average molecular weight is 597 g/mol. The number of carbonyl (C=O) groups excluding carboxylic acids is 2. The second-order valence-corrected chi connectivity index (χ2v) is 10.8. The summed E-state index contributed by atoms with van der Waals surface area (Å²) in [5, 5.41) is 12.0. The number of rotatable bonds is 9. The van der Waals surface area contributed by atoms with Crippen LogP contribution in [0, 0.1) is 0 Å². The minimum absolute atomic E-state index is 0.0840. The zero-order valence-corrected chi connectivity index (χ0v) is 24.4. The summed E-state index contributed by atoms with van der Waals surface area (Å²) in [6.45, 7) is 0.0926. The Balaban J connectivity index is 1.40. The Morgan fingerprint density at radius 1 is 0.953 bits per heavy atom. The molecule has 2 amide bonds. The number of amides is 2. The van der Waals surface area contributed by atoms with Crippen LogP contribution in [-0.2, 0) is 22.7 Å². The molecule has 0 spiro atoms. The van der Waals surface area contributed by atoms with E-state index in [1.54, 1.807) is 39.9 Å². The van der Waals surface area contributed by atoms with Crippen molar-refractivity contribution in [3.63, 3.8) is 0 Å². The minimum Gasteiger partial charge on any atom is -0.454 e. The van der Waals surface area contributed by atoms with E-state index in [9.17, 15) is 9.59 Å². The van der Waals surface area contributed by atoms with Crippen molar-refractivity contribution in [1.29, 1.82) is 0 Å². The number of fused-ring (bicyclic) bond motifs is 2. The van der Waals surface area contributed by atoms with Crippen molar-refractivity contribution >= 4 is 45.8 Å². The third kappa shape index (κ3) is 6.09. The summed E-state index contributed by atoms with van der Waals surface area (Å²) in [4.78, 5) is 31.9. The van der Waals surface area contributed by atoms with Gasteiger partial charge in [-0.25, -0.2) is 4.68 Å². The predicted octanol–water partition coefficient (Wildman–Crippen LogP) is 5.29. The van der Waals surface area contributed by atoms with Crippen molar-refractivity contribution in [3.05, 3.63) is 107 Å². The highest BCUT2D eigenvalue weighted by molar-refractivity contribution is 6.30. The molecule has 1 aromatic heterocycles. The molecule has 0 saturated heterocycles. The maximum absolute atomic E-state index is 14.2. The molecule has 4 aromatic carbocycles. The first kappa shape index (κ1) is 28.0. The standard InChI is InChI=1S/C32H29ClN6O4/c1-37(2)25-14-12-24(13-15-25)34-32(41)31(22-9-16-28-29(17-22)43-20-42-28)38(18-21-7-10-23(33)11-8-21)30(40)19-39-27-6-4-3-5-26(27)35-36-39/h3-17,31H,18-20H2,1-2H3,(H,34,41). The Kier molecular flexibility index (Phi) is 7.84. The van der Waals surface area contributed by atoms with Gasteiger partial charge in [0.05, 0.1) is 5.52 Å². The number of halogens is 1. The first-order chi connectivity index (χ1) is 20.9. The molecule has 1 N–H and O–H groups in total. The third-order valence-electron chi connectivity index (χ3n) is 7.22. The van der Waals surface area contributed by atoms with Crippen molar-refractivity contribution in [2.24, 2.45) is 0 Å². The molecule has 0 fully saturated rings. The second kappa shape index (κ2) is 12.0. The van der Waals surface area contributed by atoms with Gasteiger partial charge in [0.2, 0.25) is 12.7 Å². The third-order valence-corrected chi connectivity index (χ3v) is 7.47. The zero-order valence-electron chi connectivity index (χ0n) is 23.6. The van der Waals surface area contributed by atoms with Crippen LogP contribution in [0.1, 0.15) is 17.2 Å². The number of hydrogen-bond acceptors (Lipinski definition) is 7. The van der Waals surface area contributed by atoms with Gasteiger partial charge in [-0.15, -0.1) is 5.10 Å². The molecule has 0 radical (unpaired) electrons. The fourth-order valence-corrected chi connectivity index (χ4v) is 5.10. The van der Waals surface area contributed by atoms with Crippen LogP contribution >= 0.6 is 11.6 Å². The van der Waals surface area contributed by atoms with Crippen LogP contribution < -0.4 is 19.7 Å². The highest BCUT2D eigenvalue weighted by Gasteiger charge is 2.33. The van der Waals surface area contributed by atoms with Crippen LogP contribution in [0.25, 0.3) is 11.0 Å². The number of nitrogens with zero attached hydrogens (tertiary/aromatic N) is 5. The number of anilines is 2. The van der Waals surface area contributed by atoms with E-state index in [0.29, 0.717) is 38.8 Å². The van der Waals surface area contributed by atoms with E-state index >= 15 is 0 Å². The molecule has 5 aromatic rings. The molecule has 11 heteroatoms. The lowest BCUT2D eigenvalue weighted by Gasteiger charge is -2.32. The summed E-state index contributed by atoms with van der Waals surface area (Å²) >= 11 is 6.15. The number of carbonyl (C=O) groups is 2. The maximum Gasteiger partial charge on any atom is 0.251 e. The van der Waals surface area contributed by atoms with E-state index in [1.807, 2.05) is 79.7 Å². The van der Waals surface area contributed by atoms with Crippen LogP contribution in [-0.4, -0.2) is 52.6 Å². The number of nitrogens with one attached hydrogen (secondary N) is 1. The van der Waals surface area contributed by atoms with E-state index in [-0.39, 0.29) is 31.7 Å². The van der Waals surface area contributed by atoms with Gasteiger partial charge in [-0.1, -0.05) is 47.1 Å². The van der Waals surface area contributed by atoms with Gasteiger partial charge in [0.1, 0.15) is 18.1 Å². The Morgan fingerprint density at radius 2 is 1.70 bits per heavy atom. The molecule has 1 aliphatic heterocycles. The molecule has 10 nitrogen and oxygen atoms in total. The van der Waals surface area contributed by atoms with Gasteiger partial charge in [-0.2, -0.15) is 0 Å². The van der Waals surface area contributed by atoms with E-state index in [2.05, 4.69) is 15.6 Å². The van der Waals surface area contributed by atoms with Crippen molar-refractivity contribution in [2.75, 3.05) is 31.1 Å². The fraction of sp³-hybridized carbons (Fsp3) is 0.188. The van der Waals surface area contributed by atoms with Crippen molar-refractivity contribution < 1.29 is 19.1 Å². The fourth-order valence-electron chi connectivity index (χ4n) is 4.97. The monoisotopic (exact) mass is 596 g/mol. The van der Waals surface area contributed by atoms with Crippen molar-refractivity contribution in [3.8, 4) is 11.5 Å². The van der Waals surface area contributed by atoms with E-state index in [1.165, 1.54) is 0 Å². The smallest absolute Gasteiger partial charge is 0.251 e. The van der Waals surface area contributed by atoms with Crippen LogP contribution in [0.15, 0.2) is 91.0 Å². The molecular weight excluding hydrogens is 568 g/mol. The molecule has 0 aliphatic carbocycles. The molecule has 43 heavy (non-hydrogen) atoms. The SMILES string of the molecule is CN(C)c1ccc(NC(=O)C(c2ccc3c(c2)OCO3)N(Cc2ccc(Cl)cc2)C(=O)Cn2nnc3ccccc32)cc1. The van der Waals surface area contributed by atoms with Gasteiger partial charge in [0, 0.05) is 37.0 Å². The number of hydrogen-bond donors (Lipinski definition) is 1. The summed E-state index contributed by atoms with van der Waals surface area (Å²) in [7, 11) is 3.89. The molecule has 2 heterocycles. The predicted molar refractivity (Wildman–Crippen MR) is 164 cm³/mol. The van der Waals surface area contributed by atoms with Crippen LogP contribution in [0.2, 0.25) is 5.02 Å². The average Bonchev–Trinajstić information content (AvgIpc) is 3.65. The van der Waals surface area contributed by atoms with Gasteiger partial charge in [-0.05, 0) is 71.8 Å². The summed E-state index contributed by atoms with van der Waals surface area (Å²) in [5.74, 6) is 0.368. The Labute approximate surface area is 253 Å². The minimum atomic E-state index is -1.03. The highest BCUT2D eigenvalue weighted by atomic mass is 35.5. The van der Waals surface area contributed by atoms with E-state index < -0.39 is 6.04 Å². The van der Waals surface area contributed by atoms with Gasteiger partial charge in [0.25, 0.3) is 5.91 Å². The molecule has 1 unspecified atom stereocenters. The second-order valence-electron chi connectivity index (χ2n) is 10.3. The summed E-state index contributed by atoms with van der Waals surface area (Å²) in [6.07, 6.45) is 0. The van der Waals surface area contributed by atoms with E-state index in [4.69, 9.17) is 21.1 Å². The molecule has 1 aliphatic rings. The van der Waals surface area contributed by atoms with Crippen molar-refractivity contribution in [2.45, 2.75) is 19.1 Å². The molecular formula is C32H29ClN6O4. The van der Waals surface area contributed by atoms with Gasteiger partial charge < -0.3 is 24.6 Å². The summed E-state index contributed by atoms with van der Waals surface area (Å²) in [6, 6.07) is 26.3. The Hall–Kier alpha value is -5.09. The molecule has 1 atom stereocenters. The first-order valence-corrected chi connectivity index (χ1v) is 14.0. The lowest BCUT2D eigenvalue weighted by molar-refractivity contribution is -0.140. The molecule has 218 valence electrons. The number of aromatic nitrogens is 3. The van der Waals surface area contributed by atoms with Crippen LogP contribution in [0.3, 0.4) is 0 Å². The van der Waals surface area contributed by atoms with Gasteiger partial charge >= 0.3 is 0 Å². The Bertz CT molecular complexity index is 1770. The number of para-hydroxylation sites is 1. The van der Waals surface area contributed by atoms with Crippen molar-refractivity contribution in [1.82, 2.24) is 19.9 Å². The largest absolute Gasteiger partial charge is 0.454 e.